The number of amides is 2. The fourth-order valence-electron chi connectivity index (χ4n) is 4.51. The van der Waals surface area contributed by atoms with Crippen molar-refractivity contribution in [3.05, 3.63) is 35.9 Å². The molecular formula is C23H35N3O2. The summed E-state index contributed by atoms with van der Waals surface area (Å²) in [5.41, 5.74) is 1.34. The summed E-state index contributed by atoms with van der Waals surface area (Å²) in [6.07, 6.45) is 3.15. The second-order valence-electron chi connectivity index (χ2n) is 8.87. The van der Waals surface area contributed by atoms with Gasteiger partial charge in [0.05, 0.1) is 5.92 Å². The predicted molar refractivity (Wildman–Crippen MR) is 112 cm³/mol. The Morgan fingerprint density at radius 1 is 1.14 bits per heavy atom. The van der Waals surface area contributed by atoms with Crippen molar-refractivity contribution < 1.29 is 9.59 Å². The molecule has 2 atom stereocenters. The maximum absolute atomic E-state index is 12.9. The zero-order chi connectivity index (χ0) is 20.1. The van der Waals surface area contributed by atoms with Crippen LogP contribution in [0, 0.1) is 11.8 Å². The predicted octanol–water partition coefficient (Wildman–Crippen LogP) is 3.05. The average molecular weight is 386 g/mol. The topological polar surface area (TPSA) is 52.7 Å². The number of carbonyl (C=O) groups is 2. The van der Waals surface area contributed by atoms with Crippen LogP contribution >= 0.6 is 0 Å². The summed E-state index contributed by atoms with van der Waals surface area (Å²) in [7, 11) is 0. The van der Waals surface area contributed by atoms with Gasteiger partial charge >= 0.3 is 0 Å². The van der Waals surface area contributed by atoms with Crippen molar-refractivity contribution >= 4 is 11.8 Å². The second-order valence-corrected chi connectivity index (χ2v) is 8.87. The standard InChI is InChI=1S/C23H35N3O2/c1-17(2)15-26-18(3)21(9-10-22(26)27)23(28)24-20-11-13-25(14-12-20)16-19-7-5-4-6-8-19/h4-8,17-18,20-21H,9-16H2,1-3H3,(H,24,28)/t18-,21-/m1/s1. The molecule has 1 N–H and O–H groups in total. The van der Waals surface area contributed by atoms with E-state index in [-0.39, 0.29) is 29.8 Å². The van der Waals surface area contributed by atoms with Crippen LogP contribution in [0.4, 0.5) is 0 Å². The third kappa shape index (κ3) is 5.34. The van der Waals surface area contributed by atoms with Gasteiger partial charge in [-0.3, -0.25) is 14.5 Å². The molecule has 2 fully saturated rings. The van der Waals surface area contributed by atoms with Gasteiger partial charge in [-0.1, -0.05) is 44.2 Å². The van der Waals surface area contributed by atoms with Gasteiger partial charge in [0.1, 0.15) is 0 Å². The zero-order valence-corrected chi connectivity index (χ0v) is 17.6. The number of likely N-dealkylation sites (tertiary alicyclic amines) is 2. The van der Waals surface area contributed by atoms with Gasteiger partial charge in [0, 0.05) is 44.7 Å². The average Bonchev–Trinajstić information content (AvgIpc) is 2.67. The van der Waals surface area contributed by atoms with Crippen molar-refractivity contribution in [1.82, 2.24) is 15.1 Å². The van der Waals surface area contributed by atoms with E-state index in [1.807, 2.05) is 17.9 Å². The Morgan fingerprint density at radius 3 is 2.46 bits per heavy atom. The molecule has 1 aromatic carbocycles. The van der Waals surface area contributed by atoms with E-state index in [4.69, 9.17) is 0 Å². The third-order valence-electron chi connectivity index (χ3n) is 6.15. The highest BCUT2D eigenvalue weighted by Crippen LogP contribution is 2.26. The molecule has 154 valence electrons. The van der Waals surface area contributed by atoms with Crippen molar-refractivity contribution in [2.24, 2.45) is 11.8 Å². The van der Waals surface area contributed by atoms with Crippen LogP contribution in [0.25, 0.3) is 0 Å². The molecule has 0 aromatic heterocycles. The number of nitrogens with one attached hydrogen (secondary N) is 1. The van der Waals surface area contributed by atoms with Crippen molar-refractivity contribution in [1.29, 1.82) is 0 Å². The Bertz CT molecular complexity index is 653. The Hall–Kier alpha value is -1.88. The first-order chi connectivity index (χ1) is 13.4. The molecule has 0 aliphatic carbocycles. The van der Waals surface area contributed by atoms with Crippen LogP contribution in [0.1, 0.15) is 52.0 Å². The molecule has 2 aliphatic rings. The van der Waals surface area contributed by atoms with E-state index < -0.39 is 0 Å². The maximum Gasteiger partial charge on any atom is 0.225 e. The van der Waals surface area contributed by atoms with Crippen LogP contribution in [0.2, 0.25) is 0 Å². The molecule has 0 saturated carbocycles. The largest absolute Gasteiger partial charge is 0.353 e. The Balaban J connectivity index is 1.48. The summed E-state index contributed by atoms with van der Waals surface area (Å²) in [5.74, 6) is 0.663. The number of carbonyl (C=O) groups excluding carboxylic acids is 2. The first kappa shape index (κ1) is 20.8. The van der Waals surface area contributed by atoms with Crippen LogP contribution in [0.3, 0.4) is 0 Å². The van der Waals surface area contributed by atoms with E-state index in [0.717, 1.165) is 39.0 Å². The fraction of sp³-hybridized carbons (Fsp3) is 0.652. The third-order valence-corrected chi connectivity index (χ3v) is 6.15. The van der Waals surface area contributed by atoms with Crippen molar-refractivity contribution in [2.75, 3.05) is 19.6 Å². The molecule has 3 rings (SSSR count). The molecule has 5 nitrogen and oxygen atoms in total. The highest BCUT2D eigenvalue weighted by Gasteiger charge is 2.37. The van der Waals surface area contributed by atoms with E-state index in [1.54, 1.807) is 0 Å². The van der Waals surface area contributed by atoms with Gasteiger partial charge < -0.3 is 10.2 Å². The van der Waals surface area contributed by atoms with Gasteiger partial charge in [-0.25, -0.2) is 0 Å². The lowest BCUT2D eigenvalue weighted by molar-refractivity contribution is -0.143. The van der Waals surface area contributed by atoms with E-state index in [2.05, 4.69) is 48.3 Å². The van der Waals surface area contributed by atoms with Gasteiger partial charge in [0.2, 0.25) is 11.8 Å². The van der Waals surface area contributed by atoms with E-state index in [1.165, 1.54) is 5.56 Å². The molecule has 0 bridgehead atoms. The number of nitrogens with zero attached hydrogens (tertiary/aromatic N) is 2. The lowest BCUT2D eigenvalue weighted by Gasteiger charge is -2.40. The molecule has 0 unspecified atom stereocenters. The van der Waals surface area contributed by atoms with Crippen LogP contribution in [0.5, 0.6) is 0 Å². The van der Waals surface area contributed by atoms with Crippen molar-refractivity contribution in [2.45, 2.75) is 65.1 Å². The van der Waals surface area contributed by atoms with Crippen LogP contribution in [-0.4, -0.2) is 53.3 Å². The summed E-state index contributed by atoms with van der Waals surface area (Å²) in [6.45, 7) is 10.0. The van der Waals surface area contributed by atoms with Gasteiger partial charge in [0.25, 0.3) is 0 Å². The molecule has 2 saturated heterocycles. The highest BCUT2D eigenvalue weighted by atomic mass is 16.2. The zero-order valence-electron chi connectivity index (χ0n) is 17.6. The Morgan fingerprint density at radius 2 is 1.82 bits per heavy atom. The molecular weight excluding hydrogens is 350 g/mol. The van der Waals surface area contributed by atoms with Crippen molar-refractivity contribution in [3.63, 3.8) is 0 Å². The van der Waals surface area contributed by atoms with Crippen LogP contribution in [-0.2, 0) is 16.1 Å². The van der Waals surface area contributed by atoms with Crippen molar-refractivity contribution in [3.8, 4) is 0 Å². The molecule has 2 aliphatic heterocycles. The molecule has 2 heterocycles. The molecule has 2 amide bonds. The van der Waals surface area contributed by atoms with Crippen LogP contribution in [0.15, 0.2) is 30.3 Å². The normalized spacial score (nSPS) is 24.6. The smallest absolute Gasteiger partial charge is 0.225 e. The number of benzene rings is 1. The van der Waals surface area contributed by atoms with Gasteiger partial charge in [-0.2, -0.15) is 0 Å². The summed E-state index contributed by atoms with van der Waals surface area (Å²) in [4.78, 5) is 29.6. The Kier molecular flexibility index (Phi) is 7.11. The molecule has 1 aromatic rings. The van der Waals surface area contributed by atoms with Gasteiger partial charge in [-0.15, -0.1) is 0 Å². The molecule has 0 radical (unpaired) electrons. The monoisotopic (exact) mass is 385 g/mol. The first-order valence-corrected chi connectivity index (χ1v) is 10.8. The molecule has 28 heavy (non-hydrogen) atoms. The summed E-state index contributed by atoms with van der Waals surface area (Å²) < 4.78 is 0. The number of piperidine rings is 2. The lowest BCUT2D eigenvalue weighted by atomic mass is 9.87. The summed E-state index contributed by atoms with van der Waals surface area (Å²) >= 11 is 0. The maximum atomic E-state index is 12.9. The number of hydrogen-bond acceptors (Lipinski definition) is 3. The first-order valence-electron chi connectivity index (χ1n) is 10.8. The summed E-state index contributed by atoms with van der Waals surface area (Å²) in [6, 6.07) is 10.8. The van der Waals surface area contributed by atoms with E-state index in [0.29, 0.717) is 18.8 Å². The SMILES string of the molecule is CC(C)CN1C(=O)CC[C@@H](C(=O)NC2CCN(Cc3ccccc3)CC2)[C@H]1C. The molecule has 0 spiro atoms. The highest BCUT2D eigenvalue weighted by molar-refractivity contribution is 5.84. The number of rotatable bonds is 6. The quantitative estimate of drug-likeness (QED) is 0.819. The Labute approximate surface area is 169 Å². The van der Waals surface area contributed by atoms with E-state index >= 15 is 0 Å². The lowest BCUT2D eigenvalue weighted by Crippen LogP contribution is -2.54. The van der Waals surface area contributed by atoms with Gasteiger partial charge in [0.15, 0.2) is 0 Å². The second kappa shape index (κ2) is 9.55. The molecule has 5 heteroatoms. The number of hydrogen-bond donors (Lipinski definition) is 1. The summed E-state index contributed by atoms with van der Waals surface area (Å²) in [5, 5.41) is 3.29. The fourth-order valence-corrected chi connectivity index (χ4v) is 4.51. The van der Waals surface area contributed by atoms with Crippen LogP contribution < -0.4 is 5.32 Å². The van der Waals surface area contributed by atoms with E-state index in [9.17, 15) is 9.59 Å². The minimum atomic E-state index is -0.0844. The van der Waals surface area contributed by atoms with Gasteiger partial charge in [-0.05, 0) is 37.7 Å². The minimum absolute atomic E-state index is 0.0122. The minimum Gasteiger partial charge on any atom is -0.353 e.